The molecule has 88 heavy (non-hydrogen) atoms. The summed E-state index contributed by atoms with van der Waals surface area (Å²) in [5.74, 6) is -5.03. The van der Waals surface area contributed by atoms with E-state index in [1.165, 1.54) is 20.4 Å². The lowest BCUT2D eigenvalue weighted by Crippen LogP contribution is -2.43. The first kappa shape index (κ1) is 63.9. The Kier molecular flexibility index (Phi) is 20.4. The van der Waals surface area contributed by atoms with Gasteiger partial charge in [0.25, 0.3) is 17.7 Å². The number of carboxylic acid groups (broad SMARTS) is 2. The number of hydrogen-bond donors (Lipinski definition) is 4. The number of fused-ring (bicyclic) bond motifs is 3. The van der Waals surface area contributed by atoms with Crippen LogP contribution < -0.4 is 25.8 Å². The van der Waals surface area contributed by atoms with E-state index in [2.05, 4.69) is 0 Å². The molecule has 5 aromatic carbocycles. The Hall–Kier alpha value is -8.60. The van der Waals surface area contributed by atoms with E-state index >= 15 is 0 Å². The Labute approximate surface area is 530 Å². The number of aromatic carboxylic acids is 2. The number of rotatable bonds is 15. The number of carboxylic acids is 2. The quantitative estimate of drug-likeness (QED) is 0.0745. The zero-order valence-corrected chi connectivity index (χ0v) is 50.5. The largest absolute Gasteiger partial charge is 0.503 e. The average Bonchev–Trinajstić information content (AvgIpc) is 2.14. The molecule has 3 aliphatic heterocycles. The number of aromatic hydroxyl groups is 1. The minimum atomic E-state index is -1.34. The number of hydrogen-bond acceptors (Lipinski definition) is 12. The predicted octanol–water partition coefficient (Wildman–Crippen LogP) is 10.2. The van der Waals surface area contributed by atoms with Crippen molar-refractivity contribution >= 4 is 99.3 Å². The molecule has 0 unspecified atom stereocenters. The summed E-state index contributed by atoms with van der Waals surface area (Å²) in [6.45, 7) is 2.25. The molecule has 8 aromatic rings. The summed E-state index contributed by atoms with van der Waals surface area (Å²) in [6, 6.07) is 36.9. The minimum Gasteiger partial charge on any atom is -0.503 e. The van der Waals surface area contributed by atoms with Crippen LogP contribution in [0.3, 0.4) is 0 Å². The van der Waals surface area contributed by atoms with Crippen LogP contribution in [0.5, 0.6) is 17.2 Å². The highest BCUT2D eigenvalue weighted by Crippen LogP contribution is 2.31. The van der Waals surface area contributed by atoms with Crippen LogP contribution in [0.2, 0.25) is 30.1 Å². The molecule has 0 radical (unpaired) electrons. The van der Waals surface area contributed by atoms with Crippen LogP contribution in [0.4, 0.5) is 0 Å². The number of carbonyl (C=O) groups is 5. The Balaban J connectivity index is 0.000000158. The van der Waals surface area contributed by atoms with Crippen molar-refractivity contribution in [3.63, 3.8) is 0 Å². The summed E-state index contributed by atoms with van der Waals surface area (Å²) >= 11 is 36.0. The van der Waals surface area contributed by atoms with E-state index in [1.807, 2.05) is 60.7 Å². The lowest BCUT2D eigenvalue weighted by molar-refractivity contribution is 0.0631. The first-order valence-electron chi connectivity index (χ1n) is 26.7. The standard InChI is InChI=1S/C23H18Cl2N2O5.C23H20Cl2N2O4.C16H12Cl2N2O5/c24-16-7-6-15(10-17(16)25)12-26-8-9-27-18(23(30)31)11-19(28)21(20(27)22(26)29)32-13-14-4-2-1-3-5-14;24-18-7-6-16(10-19(18)25)12-26-8-9-27-17(13-28)11-20(29)22(21(27)23(26)30)31-14-15-4-2-1-3-5-15;17-9-2-1-8(5-10(9)18)7-19-3-4-20-11(16(24)25)6-12(21)14(22)13(20)15(19)23/h1-7,10-11H,8-9,12-13H2,(H,30,31);1-7,10-11,28H,8-9,12-14H2;1-2,5-6,22H,3-4,7H2,(H,24,25). The van der Waals surface area contributed by atoms with Crippen LogP contribution in [0.25, 0.3) is 0 Å². The normalized spacial score (nSPS) is 13.3. The Morgan fingerprint density at radius 2 is 0.761 bits per heavy atom. The average molecular weight is 1320 g/mol. The van der Waals surface area contributed by atoms with Gasteiger partial charge in [0.15, 0.2) is 34.3 Å². The van der Waals surface area contributed by atoms with Crippen molar-refractivity contribution in [2.45, 2.75) is 59.1 Å². The van der Waals surface area contributed by atoms with Gasteiger partial charge in [-0.3, -0.25) is 28.8 Å². The number of aliphatic hydroxyl groups is 1. The fraction of sp³-hybridized carbons (Fsp3) is 0.194. The lowest BCUT2D eigenvalue weighted by atomic mass is 10.1. The summed E-state index contributed by atoms with van der Waals surface area (Å²) < 4.78 is 15.7. The van der Waals surface area contributed by atoms with Crippen molar-refractivity contribution in [1.29, 1.82) is 0 Å². The van der Waals surface area contributed by atoms with E-state index in [0.717, 1.165) is 39.0 Å². The zero-order valence-electron chi connectivity index (χ0n) is 46.0. The van der Waals surface area contributed by atoms with Gasteiger partial charge in [-0.1, -0.05) is 148 Å². The van der Waals surface area contributed by atoms with Crippen LogP contribution >= 0.6 is 69.6 Å². The number of ether oxygens (including phenoxy) is 2. The molecular formula is C62H50Cl6N6O14. The second kappa shape index (κ2) is 28.0. The molecule has 3 aromatic heterocycles. The maximum absolute atomic E-state index is 13.4. The predicted molar refractivity (Wildman–Crippen MR) is 329 cm³/mol. The molecule has 454 valence electrons. The molecule has 26 heteroatoms. The molecule has 6 heterocycles. The number of aromatic nitrogens is 3. The Morgan fingerprint density at radius 3 is 1.15 bits per heavy atom. The monoisotopic (exact) mass is 1310 g/mol. The molecule has 0 spiro atoms. The summed E-state index contributed by atoms with van der Waals surface area (Å²) in [5.41, 5.74) is 1.53. The second-order valence-electron chi connectivity index (χ2n) is 20.0. The summed E-state index contributed by atoms with van der Waals surface area (Å²) in [7, 11) is 0. The topological polar surface area (TPSA) is 260 Å². The van der Waals surface area contributed by atoms with Crippen molar-refractivity contribution < 1.29 is 53.9 Å². The number of pyridine rings is 3. The van der Waals surface area contributed by atoms with Gasteiger partial charge in [-0.25, -0.2) is 9.59 Å². The van der Waals surface area contributed by atoms with Crippen molar-refractivity contribution in [3.8, 4) is 17.2 Å². The van der Waals surface area contributed by atoms with E-state index in [0.29, 0.717) is 61.0 Å². The van der Waals surface area contributed by atoms with Crippen molar-refractivity contribution in [2.24, 2.45) is 0 Å². The van der Waals surface area contributed by atoms with E-state index in [9.17, 15) is 58.8 Å². The third kappa shape index (κ3) is 14.4. The number of aliphatic hydroxyl groups excluding tert-OH is 1. The molecule has 0 saturated carbocycles. The fourth-order valence-electron chi connectivity index (χ4n) is 9.97. The Morgan fingerprint density at radius 1 is 0.409 bits per heavy atom. The molecule has 0 aliphatic carbocycles. The number of halogens is 6. The van der Waals surface area contributed by atoms with Gasteiger partial charge >= 0.3 is 11.9 Å². The fourth-order valence-corrected chi connectivity index (χ4v) is 10.9. The number of nitrogens with zero attached hydrogens (tertiary/aromatic N) is 6. The van der Waals surface area contributed by atoms with Gasteiger partial charge in [0.1, 0.15) is 24.6 Å². The highest BCUT2D eigenvalue weighted by molar-refractivity contribution is 6.43. The van der Waals surface area contributed by atoms with Gasteiger partial charge in [-0.15, -0.1) is 0 Å². The third-order valence-electron chi connectivity index (χ3n) is 14.3. The molecule has 4 N–H and O–H groups in total. The first-order valence-corrected chi connectivity index (χ1v) is 29.0. The van der Waals surface area contributed by atoms with E-state index in [-0.39, 0.29) is 105 Å². The van der Waals surface area contributed by atoms with Crippen molar-refractivity contribution in [3.05, 3.63) is 256 Å². The summed E-state index contributed by atoms with van der Waals surface area (Å²) in [6.07, 6.45) is 0. The number of amides is 3. The SMILES string of the molecule is O=C(O)c1cc(=O)c(O)c2n1CCN(Cc1ccc(Cl)c(Cl)c1)C2=O.O=C(O)c1cc(=O)c(OCc2ccccc2)c2n1CCN(Cc1ccc(Cl)c(Cl)c1)C2=O.O=C1c2c(OCc3ccccc3)c(=O)cc(CO)n2CCN1Cc1ccc(Cl)c(Cl)c1. The minimum absolute atomic E-state index is 0.00936. The van der Waals surface area contributed by atoms with Crippen LogP contribution in [0.15, 0.2) is 148 Å². The van der Waals surface area contributed by atoms with Gasteiger partial charge in [-0.05, 0) is 64.2 Å². The zero-order chi connectivity index (χ0) is 63.1. The van der Waals surface area contributed by atoms with E-state index < -0.39 is 45.8 Å². The maximum Gasteiger partial charge on any atom is 0.352 e. The molecule has 0 fully saturated rings. The number of carbonyl (C=O) groups excluding carboxylic acids is 3. The Bertz CT molecular complexity index is 4240. The van der Waals surface area contributed by atoms with E-state index in [4.69, 9.17) is 79.1 Å². The highest BCUT2D eigenvalue weighted by Gasteiger charge is 2.35. The van der Waals surface area contributed by atoms with Gasteiger partial charge in [-0.2, -0.15) is 0 Å². The second-order valence-corrected chi connectivity index (χ2v) is 22.5. The van der Waals surface area contributed by atoms with Gasteiger partial charge < -0.3 is 58.3 Å². The smallest absolute Gasteiger partial charge is 0.352 e. The molecule has 3 amide bonds. The van der Waals surface area contributed by atoms with Gasteiger partial charge in [0, 0.05) is 82.8 Å². The third-order valence-corrected chi connectivity index (χ3v) is 16.5. The van der Waals surface area contributed by atoms with Gasteiger partial charge in [0.2, 0.25) is 16.3 Å². The maximum atomic E-state index is 13.4. The van der Waals surface area contributed by atoms with Crippen LogP contribution in [0, 0.1) is 0 Å². The van der Waals surface area contributed by atoms with Crippen molar-refractivity contribution in [1.82, 2.24) is 28.4 Å². The van der Waals surface area contributed by atoms with Crippen LogP contribution in [0.1, 0.15) is 86.0 Å². The molecular weight excluding hydrogens is 1270 g/mol. The van der Waals surface area contributed by atoms with Crippen LogP contribution in [-0.4, -0.2) is 98.1 Å². The highest BCUT2D eigenvalue weighted by atomic mass is 35.5. The summed E-state index contributed by atoms with van der Waals surface area (Å²) in [4.78, 5) is 104. The van der Waals surface area contributed by atoms with Crippen LogP contribution in [-0.2, 0) is 59.1 Å². The van der Waals surface area contributed by atoms with Gasteiger partial charge in [0.05, 0.1) is 36.7 Å². The molecule has 20 nitrogen and oxygen atoms in total. The molecule has 0 saturated heterocycles. The molecule has 3 aliphatic rings. The molecule has 11 rings (SSSR count). The van der Waals surface area contributed by atoms with E-state index in [1.54, 1.807) is 64.1 Å². The molecule has 0 bridgehead atoms. The first-order chi connectivity index (χ1) is 42.1. The number of benzene rings is 5. The van der Waals surface area contributed by atoms with Crippen molar-refractivity contribution in [2.75, 3.05) is 19.6 Å². The molecule has 0 atom stereocenters. The lowest BCUT2D eigenvalue weighted by Gasteiger charge is -2.32. The summed E-state index contributed by atoms with van der Waals surface area (Å²) in [5, 5.41) is 40.8.